The largest absolute Gasteiger partial charge is 0.394 e. The van der Waals surface area contributed by atoms with E-state index in [0.717, 1.165) is 6.92 Å². The molecule has 476 valence electrons. The number of aliphatic hydroxyl groups excluding tert-OH is 20. The van der Waals surface area contributed by atoms with Crippen LogP contribution in [0.3, 0.4) is 0 Å². The Kier molecular flexibility index (Phi) is 21.6. The van der Waals surface area contributed by atoms with E-state index in [-0.39, 0.29) is 0 Å². The maximum Gasteiger partial charge on any atom is 0.335 e. The van der Waals surface area contributed by atoms with Crippen LogP contribution in [0.2, 0.25) is 0 Å². The van der Waals surface area contributed by atoms with E-state index in [1.54, 1.807) is 5.32 Å². The van der Waals surface area contributed by atoms with Crippen LogP contribution >= 0.6 is 0 Å². The van der Waals surface area contributed by atoms with E-state index < -0.39 is 266 Å². The van der Waals surface area contributed by atoms with Gasteiger partial charge in [0.1, 0.15) is 165 Å². The summed E-state index contributed by atoms with van der Waals surface area (Å²) in [4.78, 5) is 12.5. The van der Waals surface area contributed by atoms with Crippen LogP contribution in [0.4, 0.5) is 0 Å². The summed E-state index contributed by atoms with van der Waals surface area (Å²) in [6, 6.07) is 0. The Hall–Kier alpha value is -1.97. The van der Waals surface area contributed by atoms with Crippen LogP contribution < -0.4 is 5.32 Å². The molecule has 0 aromatic carbocycles. The van der Waals surface area contributed by atoms with Crippen molar-refractivity contribution < 1.29 is 183 Å². The second kappa shape index (κ2) is 26.8. The fourth-order valence-electron chi connectivity index (χ4n) is 10.9. The van der Waals surface area contributed by atoms with Gasteiger partial charge in [0, 0.05) is 6.92 Å². The van der Waals surface area contributed by atoms with Crippen LogP contribution in [0.5, 0.6) is 0 Å². The highest BCUT2D eigenvalue weighted by molar-refractivity contribution is 5.73. The SMILES string of the molecule is CC(=O)NC1(O)C(O)C(O)C(CO)OC1(O)O[C@@H]1[C@@H](O)[C@H]2O[C@H]3[C@H](O)[C@@H](O)[C@@H](O[C@H]4[C@H](O)[C@@H](O)[C@@H](O[C@H]5[C@H](O)[C@@H](O)[C@@H](O[C@H]6[C@H](O)[C@@H](O)[C@@H](O[C@H]7[C@H](O)[C@@H](O)[C@@H](O[C@H]1[C@@H](CO)O2)O[C@@H]7CO)O[C@@H]6CO)O[C@@H]5CO)O[C@@H]4CO)O[C@@H]3CO. The summed E-state index contributed by atoms with van der Waals surface area (Å²) in [6.45, 7) is -7.43. The van der Waals surface area contributed by atoms with Crippen molar-refractivity contribution in [2.75, 3.05) is 46.2 Å². The van der Waals surface area contributed by atoms with E-state index in [0.29, 0.717) is 0 Å². The molecule has 0 spiro atoms. The molecule has 12 bridgehead atoms. The number of carbonyl (C=O) groups excluding carboxylic acids is 1. The van der Waals surface area contributed by atoms with Gasteiger partial charge in [0.05, 0.1) is 46.2 Å². The van der Waals surface area contributed by atoms with Gasteiger partial charge < -0.3 is 184 Å². The highest BCUT2D eigenvalue weighted by atomic mass is 16.9. The molecule has 0 aromatic heterocycles. The summed E-state index contributed by atoms with van der Waals surface area (Å²) in [5.41, 5.74) is -3.71. The van der Waals surface area contributed by atoms with Crippen molar-refractivity contribution in [2.45, 2.75) is 221 Å². The molecule has 23 heterocycles. The molecule has 5 unspecified atom stereocenters. The molecule has 23 fully saturated rings. The van der Waals surface area contributed by atoms with E-state index in [2.05, 4.69) is 0 Å². The number of rotatable bonds is 10. The zero-order chi connectivity index (χ0) is 60.2. The minimum absolute atomic E-state index is 0.744. The van der Waals surface area contributed by atoms with Crippen molar-refractivity contribution in [1.82, 2.24) is 5.32 Å². The lowest BCUT2D eigenvalue weighted by Gasteiger charge is -2.55. The van der Waals surface area contributed by atoms with Crippen molar-refractivity contribution in [1.29, 1.82) is 0 Å². The third-order valence-electron chi connectivity index (χ3n) is 15.4. The molecule has 23 N–H and O–H groups in total. The smallest absolute Gasteiger partial charge is 0.335 e. The van der Waals surface area contributed by atoms with Gasteiger partial charge >= 0.3 is 5.97 Å². The second-order valence-corrected chi connectivity index (χ2v) is 20.7. The Balaban J connectivity index is 1.17. The lowest BCUT2D eigenvalue weighted by Crippen LogP contribution is -2.81. The minimum Gasteiger partial charge on any atom is -0.394 e. The van der Waals surface area contributed by atoms with Gasteiger partial charge in [-0.25, -0.2) is 0 Å². The highest BCUT2D eigenvalue weighted by Gasteiger charge is 2.69. The lowest BCUT2D eigenvalue weighted by atomic mass is 9.90. The van der Waals surface area contributed by atoms with Gasteiger partial charge in [-0.15, -0.1) is 0 Å². The number of ether oxygens (including phenoxy) is 14. The third-order valence-corrected chi connectivity index (χ3v) is 15.4. The normalized spacial score (nSPS) is 54.3. The maximum absolute atomic E-state index is 12.5. The van der Waals surface area contributed by atoms with Gasteiger partial charge in [0.15, 0.2) is 37.7 Å². The van der Waals surface area contributed by atoms with Crippen molar-refractivity contribution in [3.63, 3.8) is 0 Å². The van der Waals surface area contributed by atoms with E-state index in [1.165, 1.54) is 0 Å². The number of nitrogens with one attached hydrogen (secondary N) is 1. The first-order valence-corrected chi connectivity index (χ1v) is 25.8. The van der Waals surface area contributed by atoms with Crippen molar-refractivity contribution in [3.8, 4) is 0 Å². The first-order valence-electron chi connectivity index (χ1n) is 25.8. The van der Waals surface area contributed by atoms with Crippen LogP contribution in [0, 0.1) is 0 Å². The number of carbonyl (C=O) groups is 1. The summed E-state index contributed by atoms with van der Waals surface area (Å²) >= 11 is 0. The average Bonchev–Trinajstić information content (AvgIpc) is 3.61. The van der Waals surface area contributed by atoms with Gasteiger partial charge in [-0.05, 0) is 0 Å². The molecular formula is C44H73NO37. The number of hydrogen-bond acceptors (Lipinski definition) is 37. The average molecular weight is 1210 g/mol. The van der Waals surface area contributed by atoms with Crippen LogP contribution in [-0.2, 0) is 71.1 Å². The zero-order valence-electron chi connectivity index (χ0n) is 43.0. The predicted molar refractivity (Wildman–Crippen MR) is 242 cm³/mol. The molecule has 0 aliphatic carbocycles. The fourth-order valence-corrected chi connectivity index (χ4v) is 10.9. The molecule has 0 aromatic rings. The van der Waals surface area contributed by atoms with Crippen LogP contribution in [0.25, 0.3) is 0 Å². The Labute approximate surface area is 461 Å². The molecule has 38 nitrogen and oxygen atoms in total. The molecular weight excluding hydrogens is 1130 g/mol. The quantitative estimate of drug-likeness (QED) is 0.0903. The molecule has 82 heavy (non-hydrogen) atoms. The summed E-state index contributed by atoms with van der Waals surface area (Å²) < 4.78 is 79.9. The van der Waals surface area contributed by atoms with Crippen molar-refractivity contribution >= 4 is 5.91 Å². The molecule has 35 atom stereocenters. The van der Waals surface area contributed by atoms with Gasteiger partial charge in [0.2, 0.25) is 5.91 Å². The maximum atomic E-state index is 12.5. The number of aliphatic hydroxyl groups is 22. The summed E-state index contributed by atoms with van der Waals surface area (Å²) in [5, 5.41) is 247. The van der Waals surface area contributed by atoms with E-state index in [1.807, 2.05) is 0 Å². The Morgan fingerprint density at radius 2 is 0.598 bits per heavy atom. The second-order valence-electron chi connectivity index (χ2n) is 20.7. The van der Waals surface area contributed by atoms with Gasteiger partial charge in [0.25, 0.3) is 5.72 Å². The minimum atomic E-state index is -3.98. The Bertz CT molecular complexity index is 2050. The van der Waals surface area contributed by atoms with E-state index >= 15 is 0 Å². The highest BCUT2D eigenvalue weighted by Crippen LogP contribution is 2.43. The molecule has 23 aliphatic rings. The van der Waals surface area contributed by atoms with Gasteiger partial charge in [-0.1, -0.05) is 0 Å². The number of amides is 1. The third kappa shape index (κ3) is 12.3. The standard InChI is InChI=1S/C44H73NO37/c1-9(53)45-43(67)36(66)17(54)10(2-46)81-44(43,68)82-35-28(65)42-74-16(8-52)34(35)80-41-27(64)22(59)32(14(6-50)73-41)78-39-25(62)20(57)30(12(4-48)71-39)76-37-23(60)18(55)29(11(3-47)69-37)75-38-24(61)19(56)31(13(5-49)70-38)77-40-26(63)21(58)33(79-42)15(7-51)72-40/h10-42,46-52,54-68H,2-8H2,1H3,(H,45,53)/t10?,11-,12-,13-,14-,15-,16-,17?,18-,19-,20-,21-,22-,23-,24-,25-,26-,27-,28-,29-,30-,31-,32-,33-,34+,35-,36?,37-,38-,39-,40-,41-,42-,43?,44?/m1/s1. The topological polar surface area (TPSA) is 603 Å². The summed E-state index contributed by atoms with van der Waals surface area (Å²) in [6.07, 6.45) is -72.0. The Morgan fingerprint density at radius 3 is 0.854 bits per heavy atom. The first kappa shape index (κ1) is 66.0. The van der Waals surface area contributed by atoms with Crippen molar-refractivity contribution in [2.24, 2.45) is 0 Å². The number of hydrogen-bond donors (Lipinski definition) is 23. The van der Waals surface area contributed by atoms with Crippen molar-refractivity contribution in [3.05, 3.63) is 0 Å². The predicted octanol–water partition coefficient (Wildman–Crippen LogP) is -16.4. The first-order chi connectivity index (χ1) is 38.8. The molecule has 0 radical (unpaired) electrons. The monoisotopic (exact) mass is 1210 g/mol. The molecule has 23 aliphatic heterocycles. The van der Waals surface area contributed by atoms with Gasteiger partial charge in [-0.2, -0.15) is 0 Å². The molecule has 1 amide bonds. The molecule has 23 saturated heterocycles. The van der Waals surface area contributed by atoms with E-state index in [4.69, 9.17) is 66.3 Å². The van der Waals surface area contributed by atoms with Crippen LogP contribution in [0.15, 0.2) is 0 Å². The van der Waals surface area contributed by atoms with Crippen LogP contribution in [-0.4, -0.2) is 379 Å². The fraction of sp³-hybridized carbons (Fsp3) is 0.977. The molecule has 23 rings (SSSR count). The molecule has 0 saturated carbocycles. The molecule has 38 heteroatoms. The lowest BCUT2D eigenvalue weighted by molar-refractivity contribution is -0.508. The summed E-state index contributed by atoms with van der Waals surface area (Å²) in [5.74, 6) is -5.24. The zero-order valence-corrected chi connectivity index (χ0v) is 43.0. The van der Waals surface area contributed by atoms with Crippen LogP contribution in [0.1, 0.15) is 6.92 Å². The van der Waals surface area contributed by atoms with Gasteiger partial charge in [-0.3, -0.25) is 4.79 Å². The van der Waals surface area contributed by atoms with E-state index in [9.17, 15) is 117 Å². The Morgan fingerprint density at radius 1 is 0.354 bits per heavy atom. The summed E-state index contributed by atoms with van der Waals surface area (Å²) in [7, 11) is 0.